The van der Waals surface area contributed by atoms with Crippen molar-refractivity contribution in [2.24, 2.45) is 5.73 Å². The first-order valence-electron chi connectivity index (χ1n) is 5.86. The van der Waals surface area contributed by atoms with Crippen molar-refractivity contribution < 1.29 is 9.53 Å². The average molecular weight is 214 g/mol. The van der Waals surface area contributed by atoms with E-state index in [4.69, 9.17) is 10.5 Å². The van der Waals surface area contributed by atoms with E-state index < -0.39 is 0 Å². The zero-order chi connectivity index (χ0) is 11.1. The molecule has 0 aromatic carbocycles. The molecule has 2 atom stereocenters. The van der Waals surface area contributed by atoms with Crippen LogP contribution in [0.1, 0.15) is 39.0 Å². The van der Waals surface area contributed by atoms with Gasteiger partial charge in [-0.2, -0.15) is 0 Å². The molecule has 0 aromatic heterocycles. The summed E-state index contributed by atoms with van der Waals surface area (Å²) in [4.78, 5) is 11.5. The van der Waals surface area contributed by atoms with E-state index >= 15 is 0 Å². The van der Waals surface area contributed by atoms with Crippen molar-refractivity contribution in [2.75, 3.05) is 13.2 Å². The number of carbonyl (C=O) groups excluding carboxylic acids is 1. The molecular weight excluding hydrogens is 192 g/mol. The zero-order valence-electron chi connectivity index (χ0n) is 9.50. The Morgan fingerprint density at radius 1 is 1.60 bits per heavy atom. The molecule has 1 saturated heterocycles. The molecule has 1 fully saturated rings. The first-order chi connectivity index (χ1) is 7.22. The minimum absolute atomic E-state index is 0.0609. The Morgan fingerprint density at radius 3 is 3.00 bits per heavy atom. The fourth-order valence-corrected chi connectivity index (χ4v) is 1.64. The number of rotatable bonds is 5. The van der Waals surface area contributed by atoms with Crippen LogP contribution in [0.2, 0.25) is 0 Å². The molecule has 0 aromatic rings. The maximum absolute atomic E-state index is 11.5. The van der Waals surface area contributed by atoms with Gasteiger partial charge in [0.1, 0.15) is 0 Å². The lowest BCUT2D eigenvalue weighted by Crippen LogP contribution is -2.38. The highest BCUT2D eigenvalue weighted by Crippen LogP contribution is 2.15. The third kappa shape index (κ3) is 5.14. The first kappa shape index (κ1) is 12.5. The third-order valence-corrected chi connectivity index (χ3v) is 2.77. The predicted molar refractivity (Wildman–Crippen MR) is 59.5 cm³/mol. The van der Waals surface area contributed by atoms with Gasteiger partial charge in [0.05, 0.1) is 12.5 Å². The highest BCUT2D eigenvalue weighted by Gasteiger charge is 2.17. The van der Waals surface area contributed by atoms with Crippen LogP contribution < -0.4 is 11.1 Å². The van der Waals surface area contributed by atoms with Gasteiger partial charge in [-0.05, 0) is 25.7 Å². The van der Waals surface area contributed by atoms with Crippen molar-refractivity contribution in [1.29, 1.82) is 0 Å². The van der Waals surface area contributed by atoms with Crippen LogP contribution in [0.25, 0.3) is 0 Å². The topological polar surface area (TPSA) is 64.3 Å². The minimum atomic E-state index is 0.0609. The van der Waals surface area contributed by atoms with Gasteiger partial charge in [0.15, 0.2) is 0 Å². The summed E-state index contributed by atoms with van der Waals surface area (Å²) < 4.78 is 5.49. The van der Waals surface area contributed by atoms with E-state index in [1.165, 1.54) is 6.42 Å². The van der Waals surface area contributed by atoms with Crippen LogP contribution in [-0.2, 0) is 9.53 Å². The minimum Gasteiger partial charge on any atom is -0.378 e. The van der Waals surface area contributed by atoms with Crippen LogP contribution in [0.3, 0.4) is 0 Å². The number of hydrogen-bond acceptors (Lipinski definition) is 3. The average Bonchev–Trinajstić information content (AvgIpc) is 2.27. The normalized spacial score (nSPS) is 23.5. The molecule has 0 saturated carbocycles. The number of ether oxygens (including phenoxy) is 1. The molecule has 1 aliphatic rings. The smallest absolute Gasteiger partial charge is 0.222 e. The van der Waals surface area contributed by atoms with E-state index in [2.05, 4.69) is 5.32 Å². The van der Waals surface area contributed by atoms with Crippen molar-refractivity contribution in [1.82, 2.24) is 5.32 Å². The van der Waals surface area contributed by atoms with Gasteiger partial charge in [0, 0.05) is 19.2 Å². The maximum Gasteiger partial charge on any atom is 0.222 e. The molecular formula is C11H22N2O2. The van der Waals surface area contributed by atoms with Gasteiger partial charge in [-0.1, -0.05) is 6.92 Å². The van der Waals surface area contributed by atoms with Gasteiger partial charge in [-0.25, -0.2) is 0 Å². The number of hydrogen-bond donors (Lipinski definition) is 2. The van der Waals surface area contributed by atoms with Crippen LogP contribution in [-0.4, -0.2) is 31.2 Å². The lowest BCUT2D eigenvalue weighted by molar-refractivity contribution is -0.124. The van der Waals surface area contributed by atoms with Gasteiger partial charge in [0.25, 0.3) is 0 Å². The van der Waals surface area contributed by atoms with E-state index in [-0.39, 0.29) is 18.1 Å². The summed E-state index contributed by atoms with van der Waals surface area (Å²) in [5.74, 6) is 0.0609. The van der Waals surface area contributed by atoms with E-state index in [1.807, 2.05) is 6.92 Å². The summed E-state index contributed by atoms with van der Waals surface area (Å²) in [6.07, 6.45) is 4.80. The predicted octanol–water partition coefficient (Wildman–Crippen LogP) is 0.799. The molecule has 15 heavy (non-hydrogen) atoms. The fraction of sp³-hybridized carbons (Fsp3) is 0.909. The van der Waals surface area contributed by atoms with Crippen LogP contribution in [0.15, 0.2) is 0 Å². The Hall–Kier alpha value is -0.610. The first-order valence-corrected chi connectivity index (χ1v) is 5.86. The van der Waals surface area contributed by atoms with Gasteiger partial charge >= 0.3 is 0 Å². The molecule has 4 nitrogen and oxygen atoms in total. The van der Waals surface area contributed by atoms with Crippen molar-refractivity contribution in [3.63, 3.8) is 0 Å². The Balaban J connectivity index is 2.11. The number of carbonyl (C=O) groups is 1. The molecule has 1 rings (SSSR count). The highest BCUT2D eigenvalue weighted by molar-refractivity contribution is 5.76. The molecule has 1 heterocycles. The summed E-state index contributed by atoms with van der Waals surface area (Å²) in [7, 11) is 0. The van der Waals surface area contributed by atoms with Crippen molar-refractivity contribution in [2.45, 2.75) is 51.2 Å². The number of nitrogens with one attached hydrogen (secondary N) is 1. The van der Waals surface area contributed by atoms with Crippen molar-refractivity contribution >= 4 is 5.91 Å². The Morgan fingerprint density at radius 2 is 2.40 bits per heavy atom. The molecule has 0 radical (unpaired) electrons. The van der Waals surface area contributed by atoms with Gasteiger partial charge < -0.3 is 15.8 Å². The molecule has 0 spiro atoms. The van der Waals surface area contributed by atoms with Crippen LogP contribution >= 0.6 is 0 Å². The summed E-state index contributed by atoms with van der Waals surface area (Å²) in [5, 5.41) is 2.84. The third-order valence-electron chi connectivity index (χ3n) is 2.77. The largest absolute Gasteiger partial charge is 0.378 e. The number of amides is 1. The van der Waals surface area contributed by atoms with E-state index in [0.29, 0.717) is 13.0 Å². The number of nitrogens with two attached hydrogens (primary N) is 1. The van der Waals surface area contributed by atoms with Crippen LogP contribution in [0.4, 0.5) is 0 Å². The Labute approximate surface area is 91.5 Å². The summed E-state index contributed by atoms with van der Waals surface area (Å²) in [5.41, 5.74) is 5.71. The fourth-order valence-electron chi connectivity index (χ4n) is 1.64. The zero-order valence-corrected chi connectivity index (χ0v) is 9.50. The van der Waals surface area contributed by atoms with Crippen LogP contribution in [0.5, 0.6) is 0 Å². The van der Waals surface area contributed by atoms with Gasteiger partial charge in [-0.15, -0.1) is 0 Å². The molecule has 0 bridgehead atoms. The highest BCUT2D eigenvalue weighted by atomic mass is 16.5. The van der Waals surface area contributed by atoms with Gasteiger partial charge in [-0.3, -0.25) is 4.79 Å². The van der Waals surface area contributed by atoms with Gasteiger partial charge in [0.2, 0.25) is 5.91 Å². The second-order valence-corrected chi connectivity index (χ2v) is 4.17. The second-order valence-electron chi connectivity index (χ2n) is 4.17. The summed E-state index contributed by atoms with van der Waals surface area (Å²) in [6.45, 7) is 3.38. The Bertz CT molecular complexity index is 191. The quantitative estimate of drug-likeness (QED) is 0.711. The Kier molecular flexibility index (Phi) is 5.65. The van der Waals surface area contributed by atoms with Crippen LogP contribution in [0, 0.1) is 0 Å². The van der Waals surface area contributed by atoms with E-state index in [0.717, 1.165) is 25.9 Å². The summed E-state index contributed by atoms with van der Waals surface area (Å²) in [6, 6.07) is 0.0706. The van der Waals surface area contributed by atoms with E-state index in [1.54, 1.807) is 0 Å². The van der Waals surface area contributed by atoms with Crippen molar-refractivity contribution in [3.8, 4) is 0 Å². The standard InChI is InChI=1S/C11H22N2O2/c1-2-9(12)8-13-11(14)7-10-5-3-4-6-15-10/h9-10H,2-8,12H2,1H3,(H,13,14). The molecule has 2 unspecified atom stereocenters. The molecule has 1 amide bonds. The SMILES string of the molecule is CCC(N)CNC(=O)CC1CCCCO1. The summed E-state index contributed by atoms with van der Waals surface area (Å²) >= 11 is 0. The molecule has 88 valence electrons. The lowest BCUT2D eigenvalue weighted by Gasteiger charge is -2.22. The lowest BCUT2D eigenvalue weighted by atomic mass is 10.1. The monoisotopic (exact) mass is 214 g/mol. The molecule has 1 aliphatic heterocycles. The van der Waals surface area contributed by atoms with E-state index in [9.17, 15) is 4.79 Å². The maximum atomic E-state index is 11.5. The molecule has 3 N–H and O–H groups in total. The van der Waals surface area contributed by atoms with Crippen molar-refractivity contribution in [3.05, 3.63) is 0 Å². The second kappa shape index (κ2) is 6.80. The molecule has 4 heteroatoms. The molecule has 0 aliphatic carbocycles.